The van der Waals surface area contributed by atoms with Crippen LogP contribution in [0.4, 0.5) is 0 Å². The summed E-state index contributed by atoms with van der Waals surface area (Å²) in [7, 11) is 0. The number of hydrogen-bond acceptors (Lipinski definition) is 5. The Hall–Kier alpha value is -0.362. The summed E-state index contributed by atoms with van der Waals surface area (Å²) in [4.78, 5) is 20.3. The van der Waals surface area contributed by atoms with Crippen molar-refractivity contribution in [3.8, 4) is 0 Å². The van der Waals surface area contributed by atoms with E-state index in [0.29, 0.717) is 0 Å². The van der Waals surface area contributed by atoms with E-state index >= 15 is 0 Å². The first-order valence-corrected chi connectivity index (χ1v) is 3.84. The second-order valence-electron chi connectivity index (χ2n) is 1.66. The molecule has 0 aliphatic carbocycles. The summed E-state index contributed by atoms with van der Waals surface area (Å²) >= 11 is 0.108. The van der Waals surface area contributed by atoms with Crippen LogP contribution in [0, 0.1) is 0 Å². The minimum absolute atomic E-state index is 0. The van der Waals surface area contributed by atoms with Crippen LogP contribution in [-0.2, 0) is 12.6 Å². The van der Waals surface area contributed by atoms with Gasteiger partial charge in [0.2, 0.25) is 0 Å². The number of aliphatic hydroxyl groups is 2. The number of rotatable bonds is 3. The van der Waals surface area contributed by atoms with E-state index in [1.807, 2.05) is 0 Å². The van der Waals surface area contributed by atoms with Crippen LogP contribution in [0.1, 0.15) is 0 Å². The van der Waals surface area contributed by atoms with Crippen LogP contribution in [0.5, 0.6) is 0 Å². The second kappa shape index (κ2) is 6.19. The van der Waals surface area contributed by atoms with Crippen molar-refractivity contribution in [2.75, 3.05) is 0 Å². The molecule has 5 N–H and O–H groups in total. The van der Waals surface area contributed by atoms with Crippen molar-refractivity contribution >= 4 is 35.4 Å². The van der Waals surface area contributed by atoms with Gasteiger partial charge in [-0.25, -0.2) is 0 Å². The molecule has 0 radical (unpaired) electrons. The van der Waals surface area contributed by atoms with Crippen LogP contribution in [-0.4, -0.2) is 68.4 Å². The summed E-state index contributed by atoms with van der Waals surface area (Å²) in [6.07, 6.45) is -4.11. The van der Waals surface area contributed by atoms with E-state index in [1.54, 1.807) is 0 Å². The molecule has 2 unspecified atom stereocenters. The van der Waals surface area contributed by atoms with Crippen LogP contribution >= 0.6 is 0 Å². The molecule has 0 spiro atoms. The standard InChI is InChI=1S/C4H6O6.H2O.Sb.2H/c5-1(3(7)8)2(6)4(9)10;;;;/h1-2,5-6H,(H,7,8)(H,9,10);1H2;;;/q;;+1;;/p-1. The molecule has 0 aromatic carbocycles. The number of carbonyl (C=O) groups excluding carboxylic acids is 1. The Morgan fingerprint density at radius 1 is 1.25 bits per heavy atom. The quantitative estimate of drug-likeness (QED) is 0.454. The van der Waals surface area contributed by atoms with Gasteiger partial charge in [-0.3, -0.25) is 0 Å². The van der Waals surface area contributed by atoms with E-state index in [4.69, 9.17) is 15.3 Å². The summed E-state index contributed by atoms with van der Waals surface area (Å²) in [5.74, 6) is -2.79. The summed E-state index contributed by atoms with van der Waals surface area (Å²) in [6, 6.07) is 0. The van der Waals surface area contributed by atoms with Gasteiger partial charge in [0, 0.05) is 0 Å². The summed E-state index contributed by atoms with van der Waals surface area (Å²) < 4.78 is 4.10. The third-order valence-corrected chi connectivity index (χ3v) is 1.57. The predicted octanol–water partition coefficient (Wildman–Crippen LogP) is -3.94. The molecular weight excluding hydrogens is 282 g/mol. The van der Waals surface area contributed by atoms with Crippen molar-refractivity contribution in [3.05, 3.63) is 0 Å². The zero-order valence-corrected chi connectivity index (χ0v) is 9.09. The van der Waals surface area contributed by atoms with E-state index in [1.165, 1.54) is 0 Å². The SMILES string of the molecule is O.O=C(O)C(O)C(O)C(=O)[O][SbH2]. The Morgan fingerprint density at radius 3 is 1.92 bits per heavy atom. The van der Waals surface area contributed by atoms with Crippen LogP contribution < -0.4 is 0 Å². The maximum absolute atomic E-state index is 10.4. The van der Waals surface area contributed by atoms with Gasteiger partial charge in [-0.2, -0.15) is 0 Å². The van der Waals surface area contributed by atoms with Gasteiger partial charge in [-0.1, -0.05) is 0 Å². The fraction of sp³-hybridized carbons (Fsp3) is 0.500. The van der Waals surface area contributed by atoms with Crippen LogP contribution in [0.3, 0.4) is 0 Å². The molecule has 12 heavy (non-hydrogen) atoms. The number of carboxylic acid groups (broad SMARTS) is 1. The molecule has 0 fully saturated rings. The van der Waals surface area contributed by atoms with E-state index in [-0.39, 0.29) is 28.9 Å². The maximum atomic E-state index is 10.4. The fourth-order valence-electron chi connectivity index (χ4n) is 0.334. The number of aliphatic carboxylic acids is 1. The third kappa shape index (κ3) is 3.87. The topological polar surface area (TPSA) is 136 Å². The summed E-state index contributed by atoms with van der Waals surface area (Å²) in [5.41, 5.74) is 0. The molecule has 0 saturated carbocycles. The zero-order chi connectivity index (χ0) is 9.02. The van der Waals surface area contributed by atoms with E-state index in [2.05, 4.69) is 3.02 Å². The first kappa shape index (κ1) is 14.2. The fourth-order valence-corrected chi connectivity index (χ4v) is 0.732. The Morgan fingerprint density at radius 2 is 1.67 bits per heavy atom. The van der Waals surface area contributed by atoms with Gasteiger partial charge >= 0.3 is 75.5 Å². The number of aliphatic hydroxyl groups excluding tert-OH is 2. The third-order valence-electron chi connectivity index (χ3n) is 0.910. The summed E-state index contributed by atoms with van der Waals surface area (Å²) in [6.45, 7) is 0. The zero-order valence-electron chi connectivity index (χ0n) is 5.80. The minimum atomic E-state index is -2.12. The number of carboxylic acids is 1. The average molecular weight is 291 g/mol. The molecule has 2 atom stereocenters. The first-order valence-electron chi connectivity index (χ1n) is 2.50. The van der Waals surface area contributed by atoms with Gasteiger partial charge in [0.25, 0.3) is 0 Å². The van der Waals surface area contributed by atoms with Gasteiger partial charge in [-0.05, 0) is 0 Å². The molecular formula is C4H9O7Sb. The van der Waals surface area contributed by atoms with Gasteiger partial charge < -0.3 is 5.48 Å². The van der Waals surface area contributed by atoms with Gasteiger partial charge in [0.1, 0.15) is 0 Å². The molecule has 0 saturated heterocycles. The normalized spacial score (nSPS) is 13.9. The molecule has 0 aromatic rings. The Balaban J connectivity index is 0. The van der Waals surface area contributed by atoms with Crippen molar-refractivity contribution in [1.29, 1.82) is 0 Å². The van der Waals surface area contributed by atoms with E-state index in [0.717, 1.165) is 0 Å². The van der Waals surface area contributed by atoms with Crippen molar-refractivity contribution in [2.45, 2.75) is 12.2 Å². The predicted molar refractivity (Wildman–Crippen MR) is 37.9 cm³/mol. The second-order valence-corrected chi connectivity index (χ2v) is 2.34. The van der Waals surface area contributed by atoms with Crippen LogP contribution in [0.15, 0.2) is 0 Å². The van der Waals surface area contributed by atoms with Crippen molar-refractivity contribution in [3.63, 3.8) is 0 Å². The molecule has 0 rings (SSSR count). The first-order chi connectivity index (χ1) is 5.00. The molecule has 0 aliphatic rings. The molecule has 72 valence electrons. The molecule has 0 aromatic heterocycles. The van der Waals surface area contributed by atoms with E-state index < -0.39 is 24.1 Å². The molecule has 0 aliphatic heterocycles. The monoisotopic (exact) mass is 290 g/mol. The van der Waals surface area contributed by atoms with Crippen molar-refractivity contribution in [2.24, 2.45) is 0 Å². The number of carbonyl (C=O) groups is 2. The van der Waals surface area contributed by atoms with Crippen LogP contribution in [0.2, 0.25) is 0 Å². The van der Waals surface area contributed by atoms with Gasteiger partial charge in [-0.15, -0.1) is 0 Å². The Labute approximate surface area is 81.3 Å². The average Bonchev–Trinajstić information content (AvgIpc) is 2.00. The molecule has 0 amide bonds. The van der Waals surface area contributed by atoms with Crippen LogP contribution in [0.25, 0.3) is 0 Å². The van der Waals surface area contributed by atoms with Gasteiger partial charge in [0.15, 0.2) is 0 Å². The Kier molecular flexibility index (Phi) is 7.31. The molecule has 0 heterocycles. The van der Waals surface area contributed by atoms with E-state index in [9.17, 15) is 9.59 Å². The summed E-state index contributed by atoms with van der Waals surface area (Å²) in [5, 5.41) is 25.3. The Bertz CT molecular complexity index is 169. The number of hydrogen-bond donors (Lipinski definition) is 3. The van der Waals surface area contributed by atoms with Gasteiger partial charge in [0.05, 0.1) is 0 Å². The molecule has 7 nitrogen and oxygen atoms in total. The van der Waals surface area contributed by atoms with Crippen molar-refractivity contribution < 1.29 is 33.4 Å². The van der Waals surface area contributed by atoms with Crippen molar-refractivity contribution in [1.82, 2.24) is 0 Å². The molecule has 8 heteroatoms. The molecule has 0 bridgehead atoms.